The number of fused-ring (bicyclic) bond motifs is 16. The lowest BCUT2D eigenvalue weighted by Gasteiger charge is -2.09. The van der Waals surface area contributed by atoms with Crippen LogP contribution in [0, 0.1) is 0 Å². The smallest absolute Gasteiger partial charge is 0.0547 e. The molecule has 11 rings (SSSR count). The second kappa shape index (κ2) is 9.57. The summed E-state index contributed by atoms with van der Waals surface area (Å²) < 4.78 is 4.89. The third kappa shape index (κ3) is 3.52. The van der Waals surface area contributed by atoms with Crippen molar-refractivity contribution in [3.05, 3.63) is 170 Å². The molecule has 222 valence electrons. The quantitative estimate of drug-likeness (QED) is 0.175. The Morgan fingerprint density at radius 1 is 0.271 bits per heavy atom. The molecule has 2 nitrogen and oxygen atoms in total. The first-order chi connectivity index (χ1) is 23.8. The number of para-hydroxylation sites is 2. The van der Waals surface area contributed by atoms with Crippen LogP contribution in [0.5, 0.6) is 0 Å². The fraction of sp³-hybridized carbons (Fsp3) is 0. The predicted molar refractivity (Wildman–Crippen MR) is 205 cm³/mol. The van der Waals surface area contributed by atoms with Crippen LogP contribution in [0.4, 0.5) is 0 Å². The summed E-state index contributed by atoms with van der Waals surface area (Å²) in [4.78, 5) is 0. The van der Waals surface area contributed by atoms with E-state index in [-0.39, 0.29) is 0 Å². The molecule has 0 spiro atoms. The third-order valence-corrected chi connectivity index (χ3v) is 10.4. The van der Waals surface area contributed by atoms with Crippen LogP contribution in [0.25, 0.3) is 98.1 Å². The first kappa shape index (κ1) is 25.8. The van der Waals surface area contributed by atoms with Crippen LogP contribution in [0.3, 0.4) is 0 Å². The highest BCUT2D eigenvalue weighted by atomic mass is 14.9. The molecule has 11 aromatic rings. The van der Waals surface area contributed by atoms with E-state index < -0.39 is 0 Å². The Kier molecular flexibility index (Phi) is 5.14. The first-order valence-electron chi connectivity index (χ1n) is 16.6. The van der Waals surface area contributed by atoms with Crippen molar-refractivity contribution in [2.45, 2.75) is 0 Å². The summed E-state index contributed by atoms with van der Waals surface area (Å²) in [7, 11) is 0. The molecule has 8 aromatic carbocycles. The highest BCUT2D eigenvalue weighted by Crippen LogP contribution is 2.38. The van der Waals surface area contributed by atoms with Crippen LogP contribution >= 0.6 is 0 Å². The molecule has 3 aromatic heterocycles. The lowest BCUT2D eigenvalue weighted by Crippen LogP contribution is -1.87. The molecule has 0 unspecified atom stereocenters. The van der Waals surface area contributed by atoms with Gasteiger partial charge in [0.1, 0.15) is 0 Å². The van der Waals surface area contributed by atoms with Gasteiger partial charge < -0.3 is 8.80 Å². The van der Waals surface area contributed by atoms with Gasteiger partial charge in [-0.05, 0) is 92.0 Å². The average Bonchev–Trinajstić information content (AvgIpc) is 3.66. The van der Waals surface area contributed by atoms with Crippen molar-refractivity contribution in [2.24, 2.45) is 0 Å². The van der Waals surface area contributed by atoms with Crippen molar-refractivity contribution in [2.75, 3.05) is 0 Å². The van der Waals surface area contributed by atoms with Gasteiger partial charge in [0.15, 0.2) is 0 Å². The predicted octanol–water partition coefficient (Wildman–Crippen LogP) is 12.5. The number of nitrogens with zero attached hydrogens (tertiary/aromatic N) is 2. The zero-order valence-corrected chi connectivity index (χ0v) is 26.1. The van der Waals surface area contributed by atoms with E-state index in [1.165, 1.54) is 87.1 Å². The van der Waals surface area contributed by atoms with E-state index in [0.717, 1.165) is 11.0 Å². The molecule has 0 radical (unpaired) electrons. The Morgan fingerprint density at radius 2 is 0.792 bits per heavy atom. The van der Waals surface area contributed by atoms with Crippen molar-refractivity contribution in [3.63, 3.8) is 0 Å². The van der Waals surface area contributed by atoms with Gasteiger partial charge in [0.05, 0.1) is 22.1 Å². The summed E-state index contributed by atoms with van der Waals surface area (Å²) in [5.74, 6) is 0. The molecule has 48 heavy (non-hydrogen) atoms. The molecule has 2 heteroatoms. The molecule has 0 atom stereocenters. The molecule has 0 aliphatic carbocycles. The van der Waals surface area contributed by atoms with Crippen molar-refractivity contribution in [1.82, 2.24) is 8.80 Å². The minimum absolute atomic E-state index is 1.15. The van der Waals surface area contributed by atoms with Crippen LogP contribution in [0.15, 0.2) is 170 Å². The molecule has 6 bridgehead atoms. The molecule has 0 aliphatic rings. The van der Waals surface area contributed by atoms with Gasteiger partial charge in [0, 0.05) is 32.6 Å². The number of hydrogen-bond acceptors (Lipinski definition) is 0. The van der Waals surface area contributed by atoms with Crippen molar-refractivity contribution < 1.29 is 0 Å². The van der Waals surface area contributed by atoms with E-state index >= 15 is 0 Å². The summed E-state index contributed by atoms with van der Waals surface area (Å²) in [5.41, 5.74) is 9.63. The van der Waals surface area contributed by atoms with Crippen LogP contribution in [0.2, 0.25) is 0 Å². The van der Waals surface area contributed by atoms with E-state index in [2.05, 4.69) is 179 Å². The summed E-state index contributed by atoms with van der Waals surface area (Å²) >= 11 is 0. The van der Waals surface area contributed by atoms with Crippen molar-refractivity contribution in [1.29, 1.82) is 0 Å². The van der Waals surface area contributed by atoms with Crippen LogP contribution in [-0.2, 0) is 0 Å². The zero-order valence-electron chi connectivity index (χ0n) is 26.1. The summed E-state index contributed by atoms with van der Waals surface area (Å²) in [6, 6.07) is 63.0. The maximum atomic E-state index is 2.45. The minimum Gasteiger partial charge on any atom is -0.309 e. The van der Waals surface area contributed by atoms with Crippen molar-refractivity contribution in [3.8, 4) is 11.1 Å². The normalized spacial score (nSPS) is 12.2. The Balaban J connectivity index is 1.41. The van der Waals surface area contributed by atoms with E-state index in [0.29, 0.717) is 0 Å². The lowest BCUT2D eigenvalue weighted by atomic mass is 9.95. The van der Waals surface area contributed by atoms with E-state index in [1.54, 1.807) is 0 Å². The van der Waals surface area contributed by atoms with Gasteiger partial charge in [0.25, 0.3) is 0 Å². The number of rotatable bonds is 1. The summed E-state index contributed by atoms with van der Waals surface area (Å²) in [6.07, 6.45) is 0. The fourth-order valence-electron chi connectivity index (χ4n) is 8.28. The third-order valence-electron chi connectivity index (χ3n) is 10.4. The van der Waals surface area contributed by atoms with Gasteiger partial charge in [-0.25, -0.2) is 0 Å². The SMILES string of the molecule is c1ccc2c(-c3ccc4c5ccc6c7ccccc7n(c7cccc(c7)n7c8ccccc8c8ccc(cc87)c4c3)c6c5)cccc2c1. The van der Waals surface area contributed by atoms with E-state index in [1.807, 2.05) is 0 Å². The standard InChI is InChI=1S/C46H28N2/c1-2-13-35-29(9-1)10-7-16-36(35)30-19-22-37-31-20-23-40-38-14-3-5-17-43(38)47(45(40)26-31)33-11-8-12-34(28-33)48-44-18-6-4-15-39(44)41-24-21-32(27-46(41)48)42(37)25-30/h1-28H. The summed E-state index contributed by atoms with van der Waals surface area (Å²) in [6.45, 7) is 0. The van der Waals surface area contributed by atoms with Gasteiger partial charge in [0.2, 0.25) is 0 Å². The Bertz CT molecular complexity index is 3170. The van der Waals surface area contributed by atoms with Gasteiger partial charge in [-0.2, -0.15) is 0 Å². The van der Waals surface area contributed by atoms with Gasteiger partial charge in [-0.15, -0.1) is 0 Å². The second-order valence-electron chi connectivity index (χ2n) is 13.0. The van der Waals surface area contributed by atoms with Gasteiger partial charge in [-0.3, -0.25) is 0 Å². The Hall–Kier alpha value is -6.38. The largest absolute Gasteiger partial charge is 0.309 e. The Labute approximate surface area is 276 Å². The molecular formula is C46H28N2. The first-order valence-corrected chi connectivity index (χ1v) is 16.6. The van der Waals surface area contributed by atoms with Crippen molar-refractivity contribution >= 4 is 87.0 Å². The fourth-order valence-corrected chi connectivity index (χ4v) is 8.28. The molecule has 0 saturated heterocycles. The minimum atomic E-state index is 1.15. The topological polar surface area (TPSA) is 8.82 Å². The molecule has 0 saturated carbocycles. The number of hydrogen-bond donors (Lipinski definition) is 0. The van der Waals surface area contributed by atoms with Gasteiger partial charge >= 0.3 is 0 Å². The monoisotopic (exact) mass is 608 g/mol. The molecule has 0 fully saturated rings. The molecule has 0 amide bonds. The van der Waals surface area contributed by atoms with E-state index in [4.69, 9.17) is 0 Å². The van der Waals surface area contributed by atoms with Crippen LogP contribution < -0.4 is 0 Å². The highest BCUT2D eigenvalue weighted by molar-refractivity contribution is 6.17. The molecule has 0 aliphatic heterocycles. The Morgan fingerprint density at radius 3 is 1.48 bits per heavy atom. The number of benzene rings is 8. The van der Waals surface area contributed by atoms with Gasteiger partial charge in [-0.1, -0.05) is 121 Å². The summed E-state index contributed by atoms with van der Waals surface area (Å²) in [5, 5.41) is 12.4. The maximum absolute atomic E-state index is 2.45. The second-order valence-corrected chi connectivity index (χ2v) is 13.0. The lowest BCUT2D eigenvalue weighted by molar-refractivity contribution is 1.31. The number of aromatic nitrogens is 2. The average molecular weight is 609 g/mol. The molecule has 3 heterocycles. The van der Waals surface area contributed by atoms with Crippen LogP contribution in [0.1, 0.15) is 0 Å². The molecule has 0 N–H and O–H groups in total. The highest BCUT2D eigenvalue weighted by Gasteiger charge is 2.14. The van der Waals surface area contributed by atoms with Crippen LogP contribution in [-0.4, -0.2) is 8.80 Å². The maximum Gasteiger partial charge on any atom is 0.0547 e. The molecular weight excluding hydrogens is 581 g/mol. The zero-order chi connectivity index (χ0) is 31.3. The van der Waals surface area contributed by atoms with E-state index in [9.17, 15) is 0 Å².